The molecule has 2 N–H and O–H groups in total. The van der Waals surface area contributed by atoms with Gasteiger partial charge in [0.05, 0.1) is 6.54 Å². The predicted octanol–water partition coefficient (Wildman–Crippen LogP) is 1.79. The molecule has 1 aromatic rings. The number of nitrogens with zero attached hydrogens (tertiary/aromatic N) is 5. The van der Waals surface area contributed by atoms with E-state index in [4.69, 9.17) is 0 Å². The smallest absolute Gasteiger partial charge is 0.191 e. The van der Waals surface area contributed by atoms with Gasteiger partial charge in [-0.2, -0.15) is 0 Å². The molecule has 0 fully saturated rings. The summed E-state index contributed by atoms with van der Waals surface area (Å²) in [6.45, 7) is 11.8. The highest BCUT2D eigenvalue weighted by Crippen LogP contribution is 2.13. The van der Waals surface area contributed by atoms with Gasteiger partial charge < -0.3 is 20.1 Å². The second-order valence-electron chi connectivity index (χ2n) is 6.78. The molecule has 0 amide bonds. The van der Waals surface area contributed by atoms with E-state index in [1.807, 2.05) is 7.05 Å². The molecule has 7 nitrogen and oxygen atoms in total. The number of aliphatic imine (C=N–C) groups is 1. The SMILES string of the molecule is CCN(CC)CCCC(C)NC(=NC)NCc1nnc2n1CCCC2. The van der Waals surface area contributed by atoms with Crippen LogP contribution in [0.5, 0.6) is 0 Å². The van der Waals surface area contributed by atoms with E-state index < -0.39 is 0 Å². The second kappa shape index (κ2) is 10.4. The van der Waals surface area contributed by atoms with Crippen LogP contribution in [-0.4, -0.2) is 58.3 Å². The Morgan fingerprint density at radius 1 is 1.28 bits per heavy atom. The molecule has 1 unspecified atom stereocenters. The van der Waals surface area contributed by atoms with Gasteiger partial charge in [-0.3, -0.25) is 4.99 Å². The quantitative estimate of drug-likeness (QED) is 0.525. The Kier molecular flexibility index (Phi) is 8.18. The zero-order valence-corrected chi connectivity index (χ0v) is 16.4. The molecule has 0 bridgehead atoms. The lowest BCUT2D eigenvalue weighted by molar-refractivity contribution is 0.292. The number of nitrogens with one attached hydrogen (secondary N) is 2. The molecule has 0 spiro atoms. The molecule has 1 atom stereocenters. The van der Waals surface area contributed by atoms with E-state index in [9.17, 15) is 0 Å². The van der Waals surface area contributed by atoms with Crippen LogP contribution in [0.2, 0.25) is 0 Å². The lowest BCUT2D eigenvalue weighted by atomic mass is 10.1. The minimum absolute atomic E-state index is 0.397. The Balaban J connectivity index is 1.74. The fourth-order valence-corrected chi connectivity index (χ4v) is 3.32. The summed E-state index contributed by atoms with van der Waals surface area (Å²) >= 11 is 0. The lowest BCUT2D eigenvalue weighted by Crippen LogP contribution is -2.42. The molecule has 2 rings (SSSR count). The van der Waals surface area contributed by atoms with Crippen molar-refractivity contribution < 1.29 is 0 Å². The first-order valence-corrected chi connectivity index (χ1v) is 9.78. The van der Waals surface area contributed by atoms with Crippen LogP contribution >= 0.6 is 0 Å². The molecule has 1 aliphatic rings. The van der Waals surface area contributed by atoms with Gasteiger partial charge in [0.1, 0.15) is 5.82 Å². The third-order valence-electron chi connectivity index (χ3n) is 4.96. The minimum atomic E-state index is 0.397. The summed E-state index contributed by atoms with van der Waals surface area (Å²) in [5.74, 6) is 2.96. The first-order valence-electron chi connectivity index (χ1n) is 9.78. The van der Waals surface area contributed by atoms with Crippen molar-refractivity contribution in [2.45, 2.75) is 72.0 Å². The molecule has 7 heteroatoms. The molecular formula is C18H35N7. The van der Waals surface area contributed by atoms with Crippen LogP contribution in [0.1, 0.15) is 58.1 Å². The number of hydrogen-bond acceptors (Lipinski definition) is 4. The molecular weight excluding hydrogens is 314 g/mol. The van der Waals surface area contributed by atoms with Crippen molar-refractivity contribution in [3.05, 3.63) is 11.6 Å². The minimum Gasteiger partial charge on any atom is -0.354 e. The van der Waals surface area contributed by atoms with Gasteiger partial charge in [-0.15, -0.1) is 10.2 Å². The van der Waals surface area contributed by atoms with E-state index in [2.05, 4.69) is 56.1 Å². The zero-order valence-electron chi connectivity index (χ0n) is 16.4. The highest BCUT2D eigenvalue weighted by molar-refractivity contribution is 5.79. The van der Waals surface area contributed by atoms with E-state index in [0.717, 1.165) is 56.6 Å². The van der Waals surface area contributed by atoms with Gasteiger partial charge in [0, 0.05) is 26.1 Å². The Labute approximate surface area is 152 Å². The fourth-order valence-electron chi connectivity index (χ4n) is 3.32. The monoisotopic (exact) mass is 349 g/mol. The van der Waals surface area contributed by atoms with Crippen molar-refractivity contribution in [2.24, 2.45) is 4.99 Å². The molecule has 1 aromatic heterocycles. The normalized spacial score (nSPS) is 16.0. The van der Waals surface area contributed by atoms with Crippen LogP contribution in [-0.2, 0) is 19.5 Å². The van der Waals surface area contributed by atoms with Gasteiger partial charge in [-0.25, -0.2) is 0 Å². The molecule has 0 aromatic carbocycles. The van der Waals surface area contributed by atoms with Gasteiger partial charge in [0.15, 0.2) is 11.8 Å². The molecule has 142 valence electrons. The summed E-state index contributed by atoms with van der Waals surface area (Å²) in [5.41, 5.74) is 0. The summed E-state index contributed by atoms with van der Waals surface area (Å²) in [5, 5.41) is 15.5. The number of aromatic nitrogens is 3. The van der Waals surface area contributed by atoms with E-state index in [1.165, 1.54) is 19.3 Å². The van der Waals surface area contributed by atoms with E-state index >= 15 is 0 Å². The fraction of sp³-hybridized carbons (Fsp3) is 0.833. The summed E-state index contributed by atoms with van der Waals surface area (Å²) in [6, 6.07) is 0.397. The van der Waals surface area contributed by atoms with Gasteiger partial charge in [0.2, 0.25) is 0 Å². The van der Waals surface area contributed by atoms with E-state index in [0.29, 0.717) is 12.6 Å². The highest BCUT2D eigenvalue weighted by atomic mass is 15.3. The van der Waals surface area contributed by atoms with Crippen LogP contribution in [0.25, 0.3) is 0 Å². The molecule has 0 radical (unpaired) electrons. The van der Waals surface area contributed by atoms with Crippen LogP contribution in [0.3, 0.4) is 0 Å². The molecule has 25 heavy (non-hydrogen) atoms. The number of guanidine groups is 1. The van der Waals surface area contributed by atoms with Crippen LogP contribution in [0.15, 0.2) is 4.99 Å². The maximum absolute atomic E-state index is 4.34. The van der Waals surface area contributed by atoms with Gasteiger partial charge in [0.25, 0.3) is 0 Å². The predicted molar refractivity (Wildman–Crippen MR) is 103 cm³/mol. The highest BCUT2D eigenvalue weighted by Gasteiger charge is 2.16. The number of hydrogen-bond donors (Lipinski definition) is 2. The van der Waals surface area contributed by atoms with Gasteiger partial charge >= 0.3 is 0 Å². The van der Waals surface area contributed by atoms with Crippen LogP contribution < -0.4 is 10.6 Å². The first kappa shape index (κ1) is 19.7. The molecule has 0 saturated carbocycles. The topological polar surface area (TPSA) is 70.4 Å². The van der Waals surface area contributed by atoms with Gasteiger partial charge in [-0.05, 0) is 52.2 Å². The van der Waals surface area contributed by atoms with Crippen molar-refractivity contribution in [1.82, 2.24) is 30.3 Å². The van der Waals surface area contributed by atoms with Crippen molar-refractivity contribution in [3.63, 3.8) is 0 Å². The maximum Gasteiger partial charge on any atom is 0.191 e. The Morgan fingerprint density at radius 2 is 2.08 bits per heavy atom. The van der Waals surface area contributed by atoms with Crippen molar-refractivity contribution >= 4 is 5.96 Å². The van der Waals surface area contributed by atoms with Crippen molar-refractivity contribution in [3.8, 4) is 0 Å². The summed E-state index contributed by atoms with van der Waals surface area (Å²) in [7, 11) is 1.82. The van der Waals surface area contributed by atoms with Crippen molar-refractivity contribution in [2.75, 3.05) is 26.7 Å². The van der Waals surface area contributed by atoms with E-state index in [-0.39, 0.29) is 0 Å². The molecule has 0 aliphatic carbocycles. The molecule has 2 heterocycles. The van der Waals surface area contributed by atoms with Crippen LogP contribution in [0.4, 0.5) is 0 Å². The Hall–Kier alpha value is -1.63. The maximum atomic E-state index is 4.34. The number of rotatable bonds is 9. The third-order valence-corrected chi connectivity index (χ3v) is 4.96. The summed E-state index contributed by atoms with van der Waals surface area (Å²) < 4.78 is 2.25. The molecule has 0 saturated heterocycles. The third kappa shape index (κ3) is 5.99. The standard InChI is InChI=1S/C18H35N7/c1-5-24(6-2)12-9-10-15(3)21-18(19-4)20-14-17-23-22-16-11-7-8-13-25(16)17/h15H,5-14H2,1-4H3,(H2,19,20,21). The Morgan fingerprint density at radius 3 is 2.80 bits per heavy atom. The largest absolute Gasteiger partial charge is 0.354 e. The molecule has 1 aliphatic heterocycles. The first-order chi connectivity index (χ1) is 12.2. The second-order valence-corrected chi connectivity index (χ2v) is 6.78. The van der Waals surface area contributed by atoms with E-state index in [1.54, 1.807) is 0 Å². The Bertz CT molecular complexity index is 534. The van der Waals surface area contributed by atoms with Crippen molar-refractivity contribution in [1.29, 1.82) is 0 Å². The number of aryl methyl sites for hydroxylation is 1. The average Bonchev–Trinajstić information content (AvgIpc) is 3.05. The summed E-state index contributed by atoms with van der Waals surface area (Å²) in [6.07, 6.45) is 5.82. The lowest BCUT2D eigenvalue weighted by Gasteiger charge is -2.21. The van der Waals surface area contributed by atoms with Crippen LogP contribution in [0, 0.1) is 0 Å². The number of fused-ring (bicyclic) bond motifs is 1. The summed E-state index contributed by atoms with van der Waals surface area (Å²) in [4.78, 5) is 6.81. The average molecular weight is 350 g/mol. The zero-order chi connectivity index (χ0) is 18.1. The van der Waals surface area contributed by atoms with Gasteiger partial charge in [-0.1, -0.05) is 13.8 Å².